The van der Waals surface area contributed by atoms with Crippen molar-refractivity contribution in [2.24, 2.45) is 20.5 Å². The largest absolute Gasteiger partial charge is 0.494 e. The van der Waals surface area contributed by atoms with Crippen molar-refractivity contribution in [1.29, 1.82) is 5.53 Å². The van der Waals surface area contributed by atoms with Crippen molar-refractivity contribution in [1.82, 2.24) is 0 Å². The van der Waals surface area contributed by atoms with E-state index >= 15 is 0 Å². The molecule has 0 aromatic heterocycles. The van der Waals surface area contributed by atoms with Crippen LogP contribution in [0.2, 0.25) is 0 Å². The molecule has 8 heteroatoms. The second-order valence-electron chi connectivity index (χ2n) is 4.12. The van der Waals surface area contributed by atoms with Crippen LogP contribution in [-0.4, -0.2) is 14.2 Å². The molecule has 0 aliphatic carbocycles. The van der Waals surface area contributed by atoms with Gasteiger partial charge >= 0.3 is 0 Å². The van der Waals surface area contributed by atoms with Gasteiger partial charge in [-0.1, -0.05) is 0 Å². The van der Waals surface area contributed by atoms with Gasteiger partial charge in [-0.15, -0.1) is 10.0 Å². The molecule has 0 aliphatic heterocycles. The predicted molar refractivity (Wildman–Crippen MR) is 80.4 cm³/mol. The van der Waals surface area contributed by atoms with Crippen LogP contribution < -0.4 is 9.47 Å². The summed E-state index contributed by atoms with van der Waals surface area (Å²) in [7, 11) is 2.96. The lowest BCUT2D eigenvalue weighted by molar-refractivity contribution is 0.405. The molecule has 0 radical (unpaired) electrons. The van der Waals surface area contributed by atoms with Gasteiger partial charge in [0.1, 0.15) is 28.6 Å². The standard InChI is InChI=1S/C14H13N5O3/c1-21-13-8-12(14(22-2)7-11(13)16-15)18-17-9-3-5-10(19-20)6-4-9/h3-8,15H,1-2H3. The van der Waals surface area contributed by atoms with Crippen molar-refractivity contribution in [3.8, 4) is 11.5 Å². The highest BCUT2D eigenvalue weighted by Crippen LogP contribution is 2.40. The number of hydrogen-bond acceptors (Lipinski definition) is 8. The summed E-state index contributed by atoms with van der Waals surface area (Å²) in [6, 6.07) is 9.45. The highest BCUT2D eigenvalue weighted by Gasteiger charge is 2.10. The zero-order valence-corrected chi connectivity index (χ0v) is 12.0. The molecule has 0 saturated carbocycles. The molecule has 112 valence electrons. The maximum Gasteiger partial charge on any atom is 0.148 e. The summed E-state index contributed by atoms with van der Waals surface area (Å²) in [6.07, 6.45) is 0. The van der Waals surface area contributed by atoms with Gasteiger partial charge in [0.25, 0.3) is 0 Å². The van der Waals surface area contributed by atoms with E-state index in [1.807, 2.05) is 0 Å². The minimum absolute atomic E-state index is 0.319. The molecule has 0 amide bonds. The third-order valence-electron chi connectivity index (χ3n) is 2.83. The molecule has 2 rings (SSSR count). The first-order valence-electron chi connectivity index (χ1n) is 6.20. The van der Waals surface area contributed by atoms with Crippen LogP contribution in [0.25, 0.3) is 0 Å². The summed E-state index contributed by atoms with van der Waals surface area (Å²) in [4.78, 5) is 10.4. The first-order chi connectivity index (χ1) is 10.7. The first kappa shape index (κ1) is 15.2. The van der Waals surface area contributed by atoms with E-state index in [9.17, 15) is 4.91 Å². The predicted octanol–water partition coefficient (Wildman–Crippen LogP) is 5.18. The number of nitrogens with one attached hydrogen (secondary N) is 1. The van der Waals surface area contributed by atoms with Crippen LogP contribution in [0, 0.1) is 10.4 Å². The van der Waals surface area contributed by atoms with E-state index in [1.165, 1.54) is 14.2 Å². The number of hydrogen-bond donors (Lipinski definition) is 1. The van der Waals surface area contributed by atoms with Crippen molar-refractivity contribution < 1.29 is 9.47 Å². The van der Waals surface area contributed by atoms with Crippen molar-refractivity contribution in [2.45, 2.75) is 0 Å². The smallest absolute Gasteiger partial charge is 0.148 e. The van der Waals surface area contributed by atoms with Crippen LogP contribution in [0.1, 0.15) is 0 Å². The Morgan fingerprint density at radius 1 is 0.864 bits per heavy atom. The minimum Gasteiger partial charge on any atom is -0.494 e. The van der Waals surface area contributed by atoms with Crippen molar-refractivity contribution >= 4 is 22.7 Å². The second-order valence-corrected chi connectivity index (χ2v) is 4.12. The second kappa shape index (κ2) is 7.02. The Balaban J connectivity index is 2.36. The molecule has 0 atom stereocenters. The molecular weight excluding hydrogens is 286 g/mol. The Bertz CT molecular complexity index is 713. The van der Waals surface area contributed by atoms with E-state index in [2.05, 4.69) is 20.5 Å². The van der Waals surface area contributed by atoms with E-state index in [0.717, 1.165) is 0 Å². The lowest BCUT2D eigenvalue weighted by Gasteiger charge is -2.08. The number of benzene rings is 2. The Morgan fingerprint density at radius 3 is 1.95 bits per heavy atom. The van der Waals surface area contributed by atoms with Gasteiger partial charge in [-0.05, 0) is 29.4 Å². The molecular formula is C14H13N5O3. The van der Waals surface area contributed by atoms with Crippen LogP contribution in [0.15, 0.2) is 56.9 Å². The normalized spacial score (nSPS) is 10.5. The number of azo groups is 1. The Hall–Kier alpha value is -3.16. The number of ether oxygens (including phenoxy) is 2. The van der Waals surface area contributed by atoms with Gasteiger partial charge in [0, 0.05) is 12.1 Å². The molecule has 0 saturated heterocycles. The number of methoxy groups -OCH3 is 2. The van der Waals surface area contributed by atoms with Crippen molar-refractivity contribution in [3.63, 3.8) is 0 Å². The van der Waals surface area contributed by atoms with Gasteiger partial charge in [0.05, 0.1) is 19.9 Å². The van der Waals surface area contributed by atoms with Crippen LogP contribution in [0.4, 0.5) is 22.7 Å². The summed E-state index contributed by atoms with van der Waals surface area (Å²) < 4.78 is 10.3. The lowest BCUT2D eigenvalue weighted by atomic mass is 10.2. The summed E-state index contributed by atoms with van der Waals surface area (Å²) in [5.41, 5.74) is 8.75. The zero-order chi connectivity index (χ0) is 15.9. The van der Waals surface area contributed by atoms with Gasteiger partial charge in [0.2, 0.25) is 0 Å². The molecule has 0 unspecified atom stereocenters. The molecule has 0 bridgehead atoms. The SMILES string of the molecule is COc1cc(N=Nc2ccc(N=O)cc2)c(OC)cc1N=N. The highest BCUT2D eigenvalue weighted by atomic mass is 16.5. The van der Waals surface area contributed by atoms with Crippen molar-refractivity contribution in [3.05, 3.63) is 41.3 Å². The molecule has 0 heterocycles. The van der Waals surface area contributed by atoms with Gasteiger partial charge in [-0.3, -0.25) is 0 Å². The fourth-order valence-electron chi connectivity index (χ4n) is 1.72. The minimum atomic E-state index is 0.319. The van der Waals surface area contributed by atoms with Gasteiger partial charge in [-0.2, -0.15) is 10.2 Å². The molecule has 1 N–H and O–H groups in total. The quantitative estimate of drug-likeness (QED) is 0.586. The fourth-order valence-corrected chi connectivity index (χ4v) is 1.72. The summed E-state index contributed by atoms with van der Waals surface area (Å²) >= 11 is 0. The monoisotopic (exact) mass is 299 g/mol. The number of nitrogens with zero attached hydrogens (tertiary/aromatic N) is 4. The van der Waals surface area contributed by atoms with E-state index in [-0.39, 0.29) is 0 Å². The fraction of sp³-hybridized carbons (Fsp3) is 0.143. The Morgan fingerprint density at radius 2 is 1.41 bits per heavy atom. The number of rotatable bonds is 6. The van der Waals surface area contributed by atoms with Crippen LogP contribution in [0.3, 0.4) is 0 Å². The van der Waals surface area contributed by atoms with E-state index < -0.39 is 0 Å². The third kappa shape index (κ3) is 3.29. The molecule has 22 heavy (non-hydrogen) atoms. The first-order valence-corrected chi connectivity index (χ1v) is 6.20. The topological polar surface area (TPSA) is 109 Å². The van der Waals surface area contributed by atoms with Crippen molar-refractivity contribution in [2.75, 3.05) is 14.2 Å². The van der Waals surface area contributed by atoms with Crippen LogP contribution in [0.5, 0.6) is 11.5 Å². The van der Waals surface area contributed by atoms with Gasteiger partial charge in [0.15, 0.2) is 0 Å². The summed E-state index contributed by atoms with van der Waals surface area (Å²) in [5, 5.41) is 14.3. The molecule has 0 spiro atoms. The average molecular weight is 299 g/mol. The molecule has 2 aromatic carbocycles. The molecule has 8 nitrogen and oxygen atoms in total. The molecule has 0 fully saturated rings. The molecule has 2 aromatic rings. The number of nitroso groups, excluding NO2 is 1. The van der Waals surface area contributed by atoms with Gasteiger partial charge < -0.3 is 9.47 Å². The maximum atomic E-state index is 10.4. The highest BCUT2D eigenvalue weighted by molar-refractivity contribution is 5.66. The lowest BCUT2D eigenvalue weighted by Crippen LogP contribution is -1.87. The Labute approximate surface area is 126 Å². The van der Waals surface area contributed by atoms with Crippen LogP contribution in [-0.2, 0) is 0 Å². The van der Waals surface area contributed by atoms with E-state index in [0.29, 0.717) is 34.2 Å². The Kier molecular flexibility index (Phi) is 4.86. The summed E-state index contributed by atoms with van der Waals surface area (Å²) in [5.74, 6) is 0.812. The van der Waals surface area contributed by atoms with E-state index in [4.69, 9.17) is 15.0 Å². The average Bonchev–Trinajstić information content (AvgIpc) is 2.59. The third-order valence-corrected chi connectivity index (χ3v) is 2.83. The van der Waals surface area contributed by atoms with Gasteiger partial charge in [-0.25, -0.2) is 5.53 Å². The maximum absolute atomic E-state index is 10.4. The van der Waals surface area contributed by atoms with Crippen LogP contribution >= 0.6 is 0 Å². The molecule has 0 aliphatic rings. The zero-order valence-electron chi connectivity index (χ0n) is 12.0. The summed E-state index contributed by atoms with van der Waals surface area (Å²) in [6.45, 7) is 0. The van der Waals surface area contributed by atoms with E-state index in [1.54, 1.807) is 36.4 Å².